The number of hydrogen-bond donors (Lipinski definition) is 2. The molecule has 3 N–H and O–H groups in total. The van der Waals surface area contributed by atoms with E-state index in [1.165, 1.54) is 6.33 Å². The van der Waals surface area contributed by atoms with Crippen LogP contribution in [0.3, 0.4) is 0 Å². The van der Waals surface area contributed by atoms with E-state index in [4.69, 9.17) is 10.5 Å². The Bertz CT molecular complexity index is 1020. The molecule has 1 aromatic heterocycles. The Kier molecular flexibility index (Phi) is 4.35. The van der Waals surface area contributed by atoms with E-state index in [2.05, 4.69) is 15.3 Å². The van der Waals surface area contributed by atoms with E-state index in [9.17, 15) is 0 Å². The highest BCUT2D eigenvalue weighted by Crippen LogP contribution is 2.26. The van der Waals surface area contributed by atoms with Crippen LogP contribution in [0.2, 0.25) is 0 Å². The molecule has 0 atom stereocenters. The molecule has 0 amide bonds. The van der Waals surface area contributed by atoms with Crippen molar-refractivity contribution in [3.8, 4) is 5.75 Å². The zero-order chi connectivity index (χ0) is 17.8. The van der Waals surface area contributed by atoms with E-state index >= 15 is 0 Å². The molecule has 1 heterocycles. The molecule has 0 spiro atoms. The fourth-order valence-electron chi connectivity index (χ4n) is 2.69. The van der Waals surface area contributed by atoms with E-state index in [1.807, 2.05) is 72.8 Å². The van der Waals surface area contributed by atoms with Gasteiger partial charge in [-0.25, -0.2) is 9.97 Å². The lowest BCUT2D eigenvalue weighted by Crippen LogP contribution is -1.98. The zero-order valence-electron chi connectivity index (χ0n) is 14.1. The summed E-state index contributed by atoms with van der Waals surface area (Å²) in [5.41, 5.74) is 9.47. The van der Waals surface area contributed by atoms with Crippen molar-refractivity contribution in [2.24, 2.45) is 0 Å². The highest BCUT2D eigenvalue weighted by Gasteiger charge is 2.05. The standard InChI is InChI=1S/C21H18N4O/c22-16-6-11-20-19(12-16)21(24-14-23-20)25-17-7-9-18(10-8-17)26-13-15-4-2-1-3-5-15/h1-12,14H,13,22H2,(H,23,24,25). The van der Waals surface area contributed by atoms with Gasteiger partial charge in [0.05, 0.1) is 5.52 Å². The number of nitrogens with zero attached hydrogens (tertiary/aromatic N) is 2. The zero-order valence-corrected chi connectivity index (χ0v) is 14.1. The lowest BCUT2D eigenvalue weighted by Gasteiger charge is -2.10. The molecule has 128 valence electrons. The molecular formula is C21H18N4O. The van der Waals surface area contributed by atoms with Gasteiger partial charge in [0.15, 0.2) is 0 Å². The van der Waals surface area contributed by atoms with Crippen LogP contribution in [0, 0.1) is 0 Å². The maximum atomic E-state index is 5.89. The third-order valence-electron chi connectivity index (χ3n) is 4.02. The number of benzene rings is 3. The van der Waals surface area contributed by atoms with Gasteiger partial charge >= 0.3 is 0 Å². The fraction of sp³-hybridized carbons (Fsp3) is 0.0476. The lowest BCUT2D eigenvalue weighted by molar-refractivity contribution is 0.306. The average Bonchev–Trinajstić information content (AvgIpc) is 2.69. The second-order valence-electron chi connectivity index (χ2n) is 5.92. The number of anilines is 3. The monoisotopic (exact) mass is 342 g/mol. The minimum Gasteiger partial charge on any atom is -0.489 e. The van der Waals surface area contributed by atoms with E-state index in [-0.39, 0.29) is 0 Å². The Morgan fingerprint density at radius 1 is 0.885 bits per heavy atom. The normalized spacial score (nSPS) is 10.6. The van der Waals surface area contributed by atoms with Gasteiger partial charge in [-0.1, -0.05) is 30.3 Å². The van der Waals surface area contributed by atoms with E-state index in [0.717, 1.165) is 33.7 Å². The van der Waals surface area contributed by atoms with Crippen LogP contribution in [0.15, 0.2) is 79.1 Å². The van der Waals surface area contributed by atoms with E-state index in [0.29, 0.717) is 12.3 Å². The molecule has 0 aliphatic heterocycles. The van der Waals surface area contributed by atoms with Gasteiger partial charge in [-0.2, -0.15) is 0 Å². The van der Waals surface area contributed by atoms with Crippen LogP contribution in [-0.2, 0) is 6.61 Å². The van der Waals surface area contributed by atoms with Crippen molar-refractivity contribution in [2.45, 2.75) is 6.61 Å². The van der Waals surface area contributed by atoms with Crippen LogP contribution in [0.5, 0.6) is 5.75 Å². The van der Waals surface area contributed by atoms with Crippen LogP contribution >= 0.6 is 0 Å². The van der Waals surface area contributed by atoms with Gasteiger partial charge in [0, 0.05) is 16.8 Å². The fourth-order valence-corrected chi connectivity index (χ4v) is 2.69. The number of hydrogen-bond acceptors (Lipinski definition) is 5. The Morgan fingerprint density at radius 3 is 2.50 bits per heavy atom. The van der Waals surface area contributed by atoms with Crippen molar-refractivity contribution in [2.75, 3.05) is 11.1 Å². The lowest BCUT2D eigenvalue weighted by atomic mass is 10.2. The molecule has 0 aliphatic carbocycles. The molecule has 4 aromatic rings. The quantitative estimate of drug-likeness (QED) is 0.521. The predicted octanol–water partition coefficient (Wildman–Crippen LogP) is 4.53. The van der Waals surface area contributed by atoms with Gasteiger partial charge in [0.2, 0.25) is 0 Å². The van der Waals surface area contributed by atoms with Gasteiger partial charge < -0.3 is 15.8 Å². The minimum absolute atomic E-state index is 0.545. The molecule has 26 heavy (non-hydrogen) atoms. The van der Waals surface area contributed by atoms with Gasteiger partial charge in [0.1, 0.15) is 24.5 Å². The first-order valence-electron chi connectivity index (χ1n) is 8.32. The highest BCUT2D eigenvalue weighted by atomic mass is 16.5. The van der Waals surface area contributed by atoms with E-state index in [1.54, 1.807) is 0 Å². The smallest absolute Gasteiger partial charge is 0.141 e. The number of nitrogens with one attached hydrogen (secondary N) is 1. The molecule has 0 fully saturated rings. The van der Waals surface area contributed by atoms with Crippen LogP contribution < -0.4 is 15.8 Å². The summed E-state index contributed by atoms with van der Waals surface area (Å²) in [5.74, 6) is 1.54. The molecule has 0 radical (unpaired) electrons. The first-order valence-corrected chi connectivity index (χ1v) is 8.32. The molecule has 4 rings (SSSR count). The van der Waals surface area contributed by atoms with Crippen LogP contribution in [0.1, 0.15) is 5.56 Å². The van der Waals surface area contributed by atoms with Crippen LogP contribution in [-0.4, -0.2) is 9.97 Å². The maximum absolute atomic E-state index is 5.89. The first kappa shape index (κ1) is 15.9. The Hall–Kier alpha value is -3.60. The Balaban J connectivity index is 1.49. The molecular weight excluding hydrogens is 324 g/mol. The van der Waals surface area contributed by atoms with Crippen LogP contribution in [0.4, 0.5) is 17.2 Å². The maximum Gasteiger partial charge on any atom is 0.141 e. The molecule has 3 aromatic carbocycles. The first-order chi connectivity index (χ1) is 12.8. The summed E-state index contributed by atoms with van der Waals surface area (Å²) in [5, 5.41) is 4.20. The summed E-state index contributed by atoms with van der Waals surface area (Å²) in [4.78, 5) is 8.60. The number of fused-ring (bicyclic) bond motifs is 1. The highest BCUT2D eigenvalue weighted by molar-refractivity contribution is 5.92. The summed E-state index contributed by atoms with van der Waals surface area (Å²) in [6.45, 7) is 0.545. The number of rotatable bonds is 5. The number of nitrogen functional groups attached to an aromatic ring is 1. The number of nitrogens with two attached hydrogens (primary N) is 1. The second-order valence-corrected chi connectivity index (χ2v) is 5.92. The van der Waals surface area contributed by atoms with Gasteiger partial charge in [0.25, 0.3) is 0 Å². The average molecular weight is 342 g/mol. The van der Waals surface area contributed by atoms with Crippen molar-refractivity contribution in [3.05, 3.63) is 84.7 Å². The summed E-state index contributed by atoms with van der Waals surface area (Å²) in [6.07, 6.45) is 1.54. The second kappa shape index (κ2) is 7.11. The Labute approximate surface area is 151 Å². The molecule has 5 nitrogen and oxygen atoms in total. The third kappa shape index (κ3) is 3.57. The summed E-state index contributed by atoms with van der Waals surface area (Å²) in [7, 11) is 0. The largest absolute Gasteiger partial charge is 0.489 e. The molecule has 0 saturated carbocycles. The molecule has 0 bridgehead atoms. The Morgan fingerprint density at radius 2 is 1.69 bits per heavy atom. The van der Waals surface area contributed by atoms with Crippen molar-refractivity contribution in [1.29, 1.82) is 0 Å². The summed E-state index contributed by atoms with van der Waals surface area (Å²) < 4.78 is 5.81. The molecule has 0 unspecified atom stereocenters. The van der Waals surface area contributed by atoms with Crippen molar-refractivity contribution in [3.63, 3.8) is 0 Å². The van der Waals surface area contributed by atoms with Gasteiger partial charge in [-0.3, -0.25) is 0 Å². The van der Waals surface area contributed by atoms with Crippen molar-refractivity contribution in [1.82, 2.24) is 9.97 Å². The third-order valence-corrected chi connectivity index (χ3v) is 4.02. The summed E-state index contributed by atoms with van der Waals surface area (Å²) in [6, 6.07) is 23.5. The van der Waals surface area contributed by atoms with Crippen molar-refractivity contribution < 1.29 is 4.74 Å². The summed E-state index contributed by atoms with van der Waals surface area (Å²) >= 11 is 0. The van der Waals surface area contributed by atoms with E-state index < -0.39 is 0 Å². The SMILES string of the molecule is Nc1ccc2ncnc(Nc3ccc(OCc4ccccc4)cc3)c2c1. The van der Waals surface area contributed by atoms with Crippen LogP contribution in [0.25, 0.3) is 10.9 Å². The number of ether oxygens (including phenoxy) is 1. The van der Waals surface area contributed by atoms with Crippen molar-refractivity contribution >= 4 is 28.1 Å². The topological polar surface area (TPSA) is 73.1 Å². The number of aromatic nitrogens is 2. The van der Waals surface area contributed by atoms with Gasteiger partial charge in [-0.15, -0.1) is 0 Å². The predicted molar refractivity (Wildman–Crippen MR) is 104 cm³/mol. The molecule has 0 aliphatic rings. The molecule has 0 saturated heterocycles. The minimum atomic E-state index is 0.545. The van der Waals surface area contributed by atoms with Gasteiger partial charge in [-0.05, 0) is 48.0 Å². The molecule has 5 heteroatoms.